The monoisotopic (exact) mass is 502 g/mol. The molecule has 2 N–H and O–H groups in total. The van der Waals surface area contributed by atoms with Gasteiger partial charge in [0.05, 0.1) is 5.41 Å². The van der Waals surface area contributed by atoms with Crippen LogP contribution in [-0.2, 0) is 15.1 Å². The third-order valence-electron chi connectivity index (χ3n) is 7.33. The molecule has 9 heteroatoms. The molecular formula is C28H27FN4O4. The number of carboxylic acid groups (broad SMARTS) is 1. The second-order valence-corrected chi connectivity index (χ2v) is 9.50. The van der Waals surface area contributed by atoms with E-state index in [0.717, 1.165) is 11.1 Å². The number of aliphatic carboxylic acids is 1. The van der Waals surface area contributed by atoms with Crippen LogP contribution in [0.3, 0.4) is 0 Å². The number of nitrogens with one attached hydrogen (secondary N) is 1. The molecule has 1 saturated carbocycles. The van der Waals surface area contributed by atoms with Gasteiger partial charge in [-0.15, -0.1) is 5.10 Å². The number of ether oxygens (including phenoxy) is 1. The average Bonchev–Trinajstić information content (AvgIpc) is 3.65. The first-order chi connectivity index (χ1) is 17.8. The Hall–Kier alpha value is -4.27. The van der Waals surface area contributed by atoms with Crippen LogP contribution in [0.4, 0.5) is 15.0 Å². The predicted molar refractivity (Wildman–Crippen MR) is 135 cm³/mol. The number of aryl methyl sites for hydroxylation is 1. The van der Waals surface area contributed by atoms with E-state index in [1.54, 1.807) is 32.0 Å². The van der Waals surface area contributed by atoms with Crippen LogP contribution in [0.5, 0.6) is 0 Å². The van der Waals surface area contributed by atoms with Gasteiger partial charge in [-0.25, -0.2) is 13.9 Å². The van der Waals surface area contributed by atoms with E-state index in [-0.39, 0.29) is 11.4 Å². The SMILES string of the molecule is Cc1nnn(C2(C3(C(=O)O)CC3)C=CC(c3ccccc3)=CC2)c1NC(=O)O[C@H](C)c1ccccc1F. The van der Waals surface area contributed by atoms with Gasteiger partial charge in [0.15, 0.2) is 5.82 Å². The smallest absolute Gasteiger partial charge is 0.413 e. The van der Waals surface area contributed by atoms with Crippen LogP contribution in [0.15, 0.2) is 72.8 Å². The Morgan fingerprint density at radius 1 is 1.14 bits per heavy atom. The van der Waals surface area contributed by atoms with Crippen molar-refractivity contribution in [3.8, 4) is 0 Å². The molecule has 2 aliphatic rings. The van der Waals surface area contributed by atoms with Crippen molar-refractivity contribution in [2.75, 3.05) is 5.32 Å². The maximum atomic E-state index is 14.2. The van der Waals surface area contributed by atoms with Gasteiger partial charge in [-0.3, -0.25) is 10.1 Å². The molecule has 3 aromatic rings. The van der Waals surface area contributed by atoms with Crippen molar-refractivity contribution in [3.05, 3.63) is 95.5 Å². The molecule has 0 radical (unpaired) electrons. The minimum Gasteiger partial charge on any atom is -0.481 e. The fourth-order valence-electron chi connectivity index (χ4n) is 5.08. The molecule has 0 spiro atoms. The van der Waals surface area contributed by atoms with Crippen molar-refractivity contribution in [3.63, 3.8) is 0 Å². The Labute approximate surface area is 213 Å². The van der Waals surface area contributed by atoms with Gasteiger partial charge in [-0.2, -0.15) is 0 Å². The lowest BCUT2D eigenvalue weighted by molar-refractivity contribution is -0.147. The number of carboxylic acids is 1. The molecule has 2 atom stereocenters. The lowest BCUT2D eigenvalue weighted by atomic mass is 9.74. The van der Waals surface area contributed by atoms with Crippen LogP contribution in [0.25, 0.3) is 5.57 Å². The number of allylic oxidation sites excluding steroid dienone is 4. The van der Waals surface area contributed by atoms with Gasteiger partial charge in [0.25, 0.3) is 0 Å². The molecule has 1 fully saturated rings. The summed E-state index contributed by atoms with van der Waals surface area (Å²) in [5.74, 6) is -1.17. The summed E-state index contributed by atoms with van der Waals surface area (Å²) in [7, 11) is 0. The first-order valence-electron chi connectivity index (χ1n) is 12.1. The van der Waals surface area contributed by atoms with Gasteiger partial charge in [0, 0.05) is 5.56 Å². The van der Waals surface area contributed by atoms with E-state index < -0.39 is 34.9 Å². The largest absolute Gasteiger partial charge is 0.481 e. The number of nitrogens with zero attached hydrogens (tertiary/aromatic N) is 3. The molecule has 0 bridgehead atoms. The Balaban J connectivity index is 1.46. The van der Waals surface area contributed by atoms with Gasteiger partial charge < -0.3 is 9.84 Å². The molecule has 0 saturated heterocycles. The van der Waals surface area contributed by atoms with Crippen molar-refractivity contribution in [1.29, 1.82) is 0 Å². The topological polar surface area (TPSA) is 106 Å². The summed E-state index contributed by atoms with van der Waals surface area (Å²) in [5.41, 5.74) is 0.464. The Kier molecular flexibility index (Phi) is 6.15. The van der Waals surface area contributed by atoms with Crippen LogP contribution < -0.4 is 5.32 Å². The number of halogens is 1. The Morgan fingerprint density at radius 2 is 1.84 bits per heavy atom. The number of rotatable bonds is 7. The third-order valence-corrected chi connectivity index (χ3v) is 7.33. The number of amides is 1. The predicted octanol–water partition coefficient (Wildman–Crippen LogP) is 5.64. The summed E-state index contributed by atoms with van der Waals surface area (Å²) in [5, 5.41) is 21.4. The molecule has 5 rings (SSSR count). The molecule has 0 aliphatic heterocycles. The first kappa shape index (κ1) is 24.4. The van der Waals surface area contributed by atoms with Gasteiger partial charge in [0.2, 0.25) is 0 Å². The number of benzene rings is 2. The fraction of sp³-hybridized carbons (Fsp3) is 0.286. The van der Waals surface area contributed by atoms with Gasteiger partial charge in [-0.1, -0.05) is 72.0 Å². The standard InChI is InChI=1S/C28H27FN4O4/c1-18-24(30-26(36)37-19(2)22-10-6-7-11-23(22)29)33(32-31-18)28(27(16-17-27)25(34)35)14-12-21(13-15-28)20-8-4-3-5-9-20/h3-14,19H,15-17H2,1-2H3,(H,30,36)(H,34,35)/t19-,28?/m1/s1. The van der Waals surface area contributed by atoms with Crippen molar-refractivity contribution >= 4 is 23.5 Å². The van der Waals surface area contributed by atoms with E-state index in [1.807, 2.05) is 48.6 Å². The molecule has 2 aliphatic carbocycles. The van der Waals surface area contributed by atoms with Crippen LogP contribution in [0.1, 0.15) is 49.1 Å². The molecule has 1 heterocycles. The zero-order valence-corrected chi connectivity index (χ0v) is 20.5. The van der Waals surface area contributed by atoms with Crippen molar-refractivity contribution in [1.82, 2.24) is 15.0 Å². The number of hydrogen-bond acceptors (Lipinski definition) is 5. The lowest BCUT2D eigenvalue weighted by Crippen LogP contribution is -2.47. The van der Waals surface area contributed by atoms with E-state index >= 15 is 0 Å². The highest BCUT2D eigenvalue weighted by Gasteiger charge is 2.66. The van der Waals surface area contributed by atoms with Gasteiger partial charge in [-0.05, 0) is 50.3 Å². The molecule has 1 aromatic heterocycles. The summed E-state index contributed by atoms with van der Waals surface area (Å²) in [6, 6.07) is 15.9. The summed E-state index contributed by atoms with van der Waals surface area (Å²) in [4.78, 5) is 25.4. The van der Waals surface area contributed by atoms with Crippen molar-refractivity contribution < 1.29 is 23.8 Å². The second kappa shape index (κ2) is 9.31. The third kappa shape index (κ3) is 4.20. The van der Waals surface area contributed by atoms with E-state index in [1.165, 1.54) is 10.7 Å². The summed E-state index contributed by atoms with van der Waals surface area (Å²) < 4.78 is 21.1. The fourth-order valence-corrected chi connectivity index (χ4v) is 5.08. The number of hydrogen-bond donors (Lipinski definition) is 2. The zero-order valence-electron chi connectivity index (χ0n) is 20.5. The Morgan fingerprint density at radius 3 is 2.46 bits per heavy atom. The normalized spacial score (nSPS) is 20.6. The van der Waals surface area contributed by atoms with Crippen LogP contribution in [-0.4, -0.2) is 32.2 Å². The maximum Gasteiger partial charge on any atom is 0.413 e. The summed E-state index contributed by atoms with van der Waals surface area (Å²) in [6.45, 7) is 3.25. The van der Waals surface area contributed by atoms with Crippen LogP contribution in [0.2, 0.25) is 0 Å². The molecule has 190 valence electrons. The van der Waals surface area contributed by atoms with E-state index in [2.05, 4.69) is 15.6 Å². The first-order valence-corrected chi connectivity index (χ1v) is 12.1. The highest BCUT2D eigenvalue weighted by molar-refractivity contribution is 5.86. The number of aromatic nitrogens is 3. The quantitative estimate of drug-likeness (QED) is 0.433. The molecule has 8 nitrogen and oxygen atoms in total. The maximum absolute atomic E-state index is 14.2. The molecule has 2 aromatic carbocycles. The summed E-state index contributed by atoms with van der Waals surface area (Å²) >= 11 is 0. The molecule has 1 unspecified atom stereocenters. The van der Waals surface area contributed by atoms with Gasteiger partial charge >= 0.3 is 12.1 Å². The zero-order chi connectivity index (χ0) is 26.2. The van der Waals surface area contributed by atoms with Gasteiger partial charge in [0.1, 0.15) is 23.2 Å². The van der Waals surface area contributed by atoms with E-state index in [0.29, 0.717) is 25.0 Å². The second-order valence-electron chi connectivity index (χ2n) is 9.50. The highest BCUT2D eigenvalue weighted by Crippen LogP contribution is 2.61. The number of carbonyl (C=O) groups excluding carboxylic acids is 1. The molecular weight excluding hydrogens is 475 g/mol. The summed E-state index contributed by atoms with van der Waals surface area (Å²) in [6.07, 6.45) is 5.38. The van der Waals surface area contributed by atoms with Crippen molar-refractivity contribution in [2.45, 2.75) is 44.8 Å². The minimum atomic E-state index is -1.09. The van der Waals surface area contributed by atoms with E-state index in [9.17, 15) is 19.1 Å². The number of anilines is 1. The highest BCUT2D eigenvalue weighted by atomic mass is 19.1. The van der Waals surface area contributed by atoms with Crippen LogP contribution >= 0.6 is 0 Å². The minimum absolute atomic E-state index is 0.236. The van der Waals surface area contributed by atoms with Crippen molar-refractivity contribution in [2.24, 2.45) is 5.41 Å². The average molecular weight is 503 g/mol. The molecule has 1 amide bonds. The lowest BCUT2D eigenvalue weighted by Gasteiger charge is -2.38. The number of carbonyl (C=O) groups is 2. The van der Waals surface area contributed by atoms with E-state index in [4.69, 9.17) is 4.74 Å². The molecule has 37 heavy (non-hydrogen) atoms. The van der Waals surface area contributed by atoms with Crippen LogP contribution in [0, 0.1) is 18.2 Å². The Bertz CT molecular complexity index is 1410.